The molecule has 0 saturated carbocycles. The molecule has 35 heavy (non-hydrogen) atoms. The minimum Gasteiger partial charge on any atom is -0.326 e. The van der Waals surface area contributed by atoms with Crippen LogP contribution in [0.1, 0.15) is 110 Å². The summed E-state index contributed by atoms with van der Waals surface area (Å²) in [5, 5.41) is 4.88. The van der Waals surface area contributed by atoms with E-state index in [1.54, 1.807) is 23.7 Å². The fraction of sp³-hybridized carbons (Fsp3) is 0.630. The van der Waals surface area contributed by atoms with E-state index in [1.165, 1.54) is 107 Å². The van der Waals surface area contributed by atoms with Crippen LogP contribution in [0.2, 0.25) is 0 Å². The number of benzene rings is 1. The molecular weight excluding hydrogens is 478 g/mol. The zero-order chi connectivity index (χ0) is 25.2. The van der Waals surface area contributed by atoms with Gasteiger partial charge in [-0.2, -0.15) is 0 Å². The van der Waals surface area contributed by atoms with E-state index in [2.05, 4.69) is 21.9 Å². The first-order valence-electron chi connectivity index (χ1n) is 13.3. The van der Waals surface area contributed by atoms with Gasteiger partial charge in [0.25, 0.3) is 10.0 Å². The summed E-state index contributed by atoms with van der Waals surface area (Å²) in [7, 11) is -3.68. The van der Waals surface area contributed by atoms with Crippen LogP contribution in [0.3, 0.4) is 0 Å². The number of amides is 1. The average Bonchev–Trinajstić information content (AvgIpc) is 3.34. The van der Waals surface area contributed by atoms with Gasteiger partial charge in [-0.05, 0) is 30.7 Å². The summed E-state index contributed by atoms with van der Waals surface area (Å²) in [6.07, 6.45) is 21.5. The van der Waals surface area contributed by atoms with Crippen LogP contribution in [0, 0.1) is 0 Å². The van der Waals surface area contributed by atoms with Crippen molar-refractivity contribution in [3.63, 3.8) is 0 Å². The van der Waals surface area contributed by atoms with Gasteiger partial charge >= 0.3 is 0 Å². The minimum absolute atomic E-state index is 0.0313. The molecule has 2 aromatic rings. The molecule has 0 aliphatic rings. The van der Waals surface area contributed by atoms with E-state index >= 15 is 0 Å². The van der Waals surface area contributed by atoms with Crippen LogP contribution in [-0.2, 0) is 14.8 Å². The van der Waals surface area contributed by atoms with E-state index in [-0.39, 0.29) is 10.8 Å². The Bertz CT molecular complexity index is 914. The van der Waals surface area contributed by atoms with Gasteiger partial charge in [-0.25, -0.2) is 13.4 Å². The highest BCUT2D eigenvalue weighted by Gasteiger charge is 2.15. The molecule has 6 nitrogen and oxygen atoms in total. The van der Waals surface area contributed by atoms with Gasteiger partial charge in [-0.1, -0.05) is 96.8 Å². The van der Waals surface area contributed by atoms with E-state index in [1.807, 2.05) is 0 Å². The predicted octanol–water partition coefficient (Wildman–Crippen LogP) is 8.14. The number of aromatic nitrogens is 1. The second-order valence-corrected chi connectivity index (χ2v) is 11.8. The molecule has 0 radical (unpaired) electrons. The summed E-state index contributed by atoms with van der Waals surface area (Å²) in [4.78, 5) is 16.3. The summed E-state index contributed by atoms with van der Waals surface area (Å²) < 4.78 is 27.2. The van der Waals surface area contributed by atoms with Gasteiger partial charge in [0.15, 0.2) is 5.13 Å². The average molecular weight is 522 g/mol. The third kappa shape index (κ3) is 13.1. The zero-order valence-corrected chi connectivity index (χ0v) is 22.9. The van der Waals surface area contributed by atoms with Gasteiger partial charge in [-0.3, -0.25) is 9.52 Å². The summed E-state index contributed by atoms with van der Waals surface area (Å²) in [6, 6.07) is 6.19. The van der Waals surface area contributed by atoms with Crippen molar-refractivity contribution >= 4 is 38.1 Å². The third-order valence-corrected chi connectivity index (χ3v) is 8.28. The van der Waals surface area contributed by atoms with Crippen LogP contribution in [0.15, 0.2) is 40.7 Å². The smallest absolute Gasteiger partial charge is 0.263 e. The molecule has 8 heteroatoms. The normalized spacial score (nSPS) is 11.5. The number of unbranched alkanes of at least 4 members (excludes halogenated alkanes) is 14. The first-order chi connectivity index (χ1) is 17.0. The number of thiazole rings is 1. The van der Waals surface area contributed by atoms with E-state index in [9.17, 15) is 13.2 Å². The maximum absolute atomic E-state index is 12.4. The zero-order valence-electron chi connectivity index (χ0n) is 21.3. The van der Waals surface area contributed by atoms with Crippen molar-refractivity contribution in [3.05, 3.63) is 35.8 Å². The molecule has 196 valence electrons. The van der Waals surface area contributed by atoms with Crippen LogP contribution in [0.4, 0.5) is 10.8 Å². The van der Waals surface area contributed by atoms with Crippen molar-refractivity contribution < 1.29 is 13.2 Å². The molecule has 0 fully saturated rings. The standard InChI is InChI=1S/C27H43N3O3S2/c1-2-3-4-5-6-7-8-9-10-11-12-13-14-15-16-17-26(31)29-24-18-20-25(21-19-24)35(32,33)30-27-28-22-23-34-27/h18-23H,2-17H2,1H3,(H,28,30)(H,29,31). The first-order valence-corrected chi connectivity index (χ1v) is 15.7. The van der Waals surface area contributed by atoms with Gasteiger partial charge in [0.2, 0.25) is 5.91 Å². The minimum atomic E-state index is -3.68. The fourth-order valence-corrected chi connectivity index (χ4v) is 5.83. The number of sulfonamides is 1. The van der Waals surface area contributed by atoms with Gasteiger partial charge in [0, 0.05) is 23.7 Å². The Balaban J connectivity index is 1.47. The van der Waals surface area contributed by atoms with Crippen LogP contribution in [0.5, 0.6) is 0 Å². The summed E-state index contributed by atoms with van der Waals surface area (Å²) in [6.45, 7) is 2.27. The maximum Gasteiger partial charge on any atom is 0.263 e. The van der Waals surface area contributed by atoms with Crippen molar-refractivity contribution in [3.8, 4) is 0 Å². The summed E-state index contributed by atoms with van der Waals surface area (Å²) >= 11 is 1.22. The molecule has 1 aromatic heterocycles. The second-order valence-electron chi connectivity index (χ2n) is 9.22. The molecule has 2 N–H and O–H groups in total. The molecule has 1 heterocycles. The Kier molecular flexibility index (Phi) is 14.6. The number of hydrogen-bond donors (Lipinski definition) is 2. The molecule has 0 atom stereocenters. The van der Waals surface area contributed by atoms with Crippen LogP contribution in [-0.4, -0.2) is 19.3 Å². The largest absolute Gasteiger partial charge is 0.326 e. The van der Waals surface area contributed by atoms with Crippen molar-refractivity contribution in [2.45, 2.75) is 115 Å². The van der Waals surface area contributed by atoms with Crippen molar-refractivity contribution in [1.29, 1.82) is 0 Å². The number of carbonyl (C=O) groups is 1. The van der Waals surface area contributed by atoms with Crippen LogP contribution < -0.4 is 10.0 Å². The van der Waals surface area contributed by atoms with Gasteiger partial charge < -0.3 is 5.32 Å². The second kappa shape index (κ2) is 17.5. The highest BCUT2D eigenvalue weighted by molar-refractivity contribution is 7.93. The van der Waals surface area contributed by atoms with Gasteiger partial charge in [-0.15, -0.1) is 11.3 Å². The van der Waals surface area contributed by atoms with Crippen LogP contribution in [0.25, 0.3) is 0 Å². The fourth-order valence-electron chi connectivity index (χ4n) is 4.05. The number of rotatable bonds is 20. The molecular formula is C27H43N3O3S2. The Hall–Kier alpha value is -1.93. The number of anilines is 2. The molecule has 0 aliphatic heterocycles. The topological polar surface area (TPSA) is 88.2 Å². The molecule has 0 saturated heterocycles. The van der Waals surface area contributed by atoms with E-state index in [4.69, 9.17) is 0 Å². The number of nitrogens with zero attached hydrogens (tertiary/aromatic N) is 1. The molecule has 0 bridgehead atoms. The van der Waals surface area contributed by atoms with E-state index in [0.29, 0.717) is 17.2 Å². The lowest BCUT2D eigenvalue weighted by atomic mass is 10.0. The van der Waals surface area contributed by atoms with E-state index < -0.39 is 10.0 Å². The summed E-state index contributed by atoms with van der Waals surface area (Å²) in [5.74, 6) is -0.0313. The highest BCUT2D eigenvalue weighted by atomic mass is 32.2. The lowest BCUT2D eigenvalue weighted by molar-refractivity contribution is -0.116. The Morgan fingerprint density at radius 2 is 1.31 bits per heavy atom. The quantitative estimate of drug-likeness (QED) is 0.172. The predicted molar refractivity (Wildman–Crippen MR) is 148 cm³/mol. The Morgan fingerprint density at radius 1 is 0.800 bits per heavy atom. The summed E-state index contributed by atoms with van der Waals surface area (Å²) in [5.41, 5.74) is 0.601. The monoisotopic (exact) mass is 521 g/mol. The molecule has 1 amide bonds. The number of hydrogen-bond acceptors (Lipinski definition) is 5. The van der Waals surface area contributed by atoms with Gasteiger partial charge in [0.1, 0.15) is 0 Å². The highest BCUT2D eigenvalue weighted by Crippen LogP contribution is 2.20. The molecule has 1 aromatic carbocycles. The third-order valence-electron chi connectivity index (χ3n) is 6.11. The SMILES string of the molecule is CCCCCCCCCCCCCCCCCC(=O)Nc1ccc(S(=O)(=O)Nc2nccs2)cc1. The van der Waals surface area contributed by atoms with Crippen molar-refractivity contribution in [2.24, 2.45) is 0 Å². The first kappa shape index (κ1) is 29.3. The van der Waals surface area contributed by atoms with Gasteiger partial charge in [0.05, 0.1) is 4.90 Å². The molecule has 0 aliphatic carbocycles. The lowest BCUT2D eigenvalue weighted by Gasteiger charge is -2.08. The molecule has 0 spiro atoms. The maximum atomic E-state index is 12.4. The Labute approximate surface area is 216 Å². The van der Waals surface area contributed by atoms with Crippen molar-refractivity contribution in [2.75, 3.05) is 10.0 Å². The number of carbonyl (C=O) groups excluding carboxylic acids is 1. The lowest BCUT2D eigenvalue weighted by Crippen LogP contribution is -2.14. The van der Waals surface area contributed by atoms with E-state index in [0.717, 1.165) is 12.8 Å². The van der Waals surface area contributed by atoms with Crippen molar-refractivity contribution in [1.82, 2.24) is 4.98 Å². The Morgan fingerprint density at radius 3 is 1.80 bits per heavy atom. The number of nitrogens with one attached hydrogen (secondary N) is 2. The molecule has 2 rings (SSSR count). The van der Waals surface area contributed by atoms with Crippen LogP contribution >= 0.6 is 11.3 Å². The molecule has 0 unspecified atom stereocenters.